The lowest BCUT2D eigenvalue weighted by molar-refractivity contribution is 0.992. The monoisotopic (exact) mass is 1540 g/mol. The number of nitrogens with zero attached hydrogens (tertiary/aromatic N) is 9. The zero-order chi connectivity index (χ0) is 80.3. The molecule has 0 unspecified atom stereocenters. The third-order valence-electron chi connectivity index (χ3n) is 20.9. The number of rotatable bonds is 8. The number of para-hydroxylation sites is 6. The van der Waals surface area contributed by atoms with Gasteiger partial charge in [-0.1, -0.05) is 326 Å². The summed E-state index contributed by atoms with van der Waals surface area (Å²) in [5.41, 5.74) is 22.6. The first-order valence-corrected chi connectivity index (χ1v) is 40.6. The summed E-state index contributed by atoms with van der Waals surface area (Å²) in [4.78, 5) is 27.5. The molecule has 6 heterocycles. The predicted molar refractivity (Wildman–Crippen MR) is 497 cm³/mol. The van der Waals surface area contributed by atoms with Gasteiger partial charge in [0, 0.05) is 97.4 Å². The Hall–Kier alpha value is -14.8. The molecule has 0 saturated carbocycles. The first-order chi connectivity index (χ1) is 58.0. The summed E-state index contributed by atoms with van der Waals surface area (Å²) in [5.74, 6) is 4.22. The van der Waals surface area contributed by atoms with E-state index < -0.39 is 0 Å². The van der Waals surface area contributed by atoms with Gasteiger partial charge in [-0.25, -0.2) is 29.9 Å². The highest BCUT2D eigenvalue weighted by Crippen LogP contribution is 2.38. The SMILES string of the molecule is Cc1ccc(-c2nc(-c3ccccc3)nc(-c3ccccc3)n2)cc1.Cc1ccc2c(c1)c1ccccc1n2-c1ccccc1.Cc1ccc2c3ccccc3n(-c3ccccc3)c2c1.Cc1ccc2sc3ccccc3c2c1.Cc1cccc(-n2c3ccccc3c3ccccc32)c1.Cc1nc(-c2ccccc2)nc(-c2ccccc2)n1. The summed E-state index contributed by atoms with van der Waals surface area (Å²) in [6.45, 7) is 12.5. The van der Waals surface area contributed by atoms with Gasteiger partial charge in [0.25, 0.3) is 0 Å². The smallest absolute Gasteiger partial charge is 0.164 e. The first kappa shape index (κ1) is 75.8. The van der Waals surface area contributed by atoms with Crippen molar-refractivity contribution in [3.63, 3.8) is 0 Å². The molecule has 0 fully saturated rings. The van der Waals surface area contributed by atoms with Crippen LogP contribution in [0.4, 0.5) is 0 Å². The van der Waals surface area contributed by atoms with Gasteiger partial charge >= 0.3 is 0 Å². The van der Waals surface area contributed by atoms with Crippen LogP contribution in [0.3, 0.4) is 0 Å². The minimum absolute atomic E-state index is 0.685. The third-order valence-corrected chi connectivity index (χ3v) is 22.0. The number of benzene rings is 16. The molecule has 6 aromatic heterocycles. The van der Waals surface area contributed by atoms with E-state index in [0.717, 1.165) is 33.6 Å². The van der Waals surface area contributed by atoms with Crippen molar-refractivity contribution in [3.05, 3.63) is 440 Å². The lowest BCUT2D eigenvalue weighted by Gasteiger charge is -2.08. The summed E-state index contributed by atoms with van der Waals surface area (Å²) in [6, 6.07) is 141. The maximum atomic E-state index is 4.71. The van der Waals surface area contributed by atoms with Crippen molar-refractivity contribution in [1.29, 1.82) is 0 Å². The quantitative estimate of drug-likeness (QED) is 0.150. The van der Waals surface area contributed by atoms with Crippen molar-refractivity contribution in [2.75, 3.05) is 0 Å². The van der Waals surface area contributed by atoms with E-state index in [0.29, 0.717) is 29.1 Å². The Morgan fingerprint density at radius 1 is 0.178 bits per heavy atom. The van der Waals surface area contributed by atoms with Crippen molar-refractivity contribution in [1.82, 2.24) is 43.6 Å². The fraction of sp³-hybridized carbons (Fsp3) is 0.0556. The van der Waals surface area contributed by atoms with Crippen LogP contribution < -0.4 is 0 Å². The van der Waals surface area contributed by atoms with Gasteiger partial charge in [0.2, 0.25) is 0 Å². The lowest BCUT2D eigenvalue weighted by atomic mass is 10.1. The maximum absolute atomic E-state index is 4.71. The highest BCUT2D eigenvalue weighted by molar-refractivity contribution is 7.25. The van der Waals surface area contributed by atoms with Crippen LogP contribution in [0.5, 0.6) is 0 Å². The Balaban J connectivity index is 0.000000102. The zero-order valence-electron chi connectivity index (χ0n) is 66.6. The zero-order valence-corrected chi connectivity index (χ0v) is 67.4. The van der Waals surface area contributed by atoms with Crippen LogP contribution >= 0.6 is 11.3 Å². The topological polar surface area (TPSA) is 92.1 Å². The summed E-state index contributed by atoms with van der Waals surface area (Å²) in [7, 11) is 0. The summed E-state index contributed by atoms with van der Waals surface area (Å²) < 4.78 is 9.80. The minimum Gasteiger partial charge on any atom is -0.309 e. The van der Waals surface area contributed by atoms with Crippen molar-refractivity contribution in [2.45, 2.75) is 41.5 Å². The van der Waals surface area contributed by atoms with Crippen LogP contribution in [-0.2, 0) is 0 Å². The fourth-order valence-corrected chi connectivity index (χ4v) is 16.3. The Kier molecular flexibility index (Phi) is 22.4. The van der Waals surface area contributed by atoms with E-state index in [1.54, 1.807) is 0 Å². The van der Waals surface area contributed by atoms with Gasteiger partial charge in [-0.15, -0.1) is 11.3 Å². The van der Waals surface area contributed by atoms with Gasteiger partial charge in [-0.3, -0.25) is 0 Å². The number of hydrogen-bond donors (Lipinski definition) is 0. The average molecular weight is 1540 g/mol. The van der Waals surface area contributed by atoms with Crippen molar-refractivity contribution in [2.24, 2.45) is 0 Å². The van der Waals surface area contributed by atoms with Crippen molar-refractivity contribution >= 4 is 96.9 Å². The van der Waals surface area contributed by atoms with E-state index in [9.17, 15) is 0 Å². The van der Waals surface area contributed by atoms with E-state index in [2.05, 4.69) is 336 Å². The molecule has 0 aliphatic heterocycles. The summed E-state index contributed by atoms with van der Waals surface area (Å²) >= 11 is 1.87. The largest absolute Gasteiger partial charge is 0.309 e. The number of aromatic nitrogens is 9. The van der Waals surface area contributed by atoms with Crippen LogP contribution in [0.2, 0.25) is 0 Å². The van der Waals surface area contributed by atoms with Gasteiger partial charge in [-0.2, -0.15) is 0 Å². The Morgan fingerprint density at radius 2 is 0.475 bits per heavy atom. The van der Waals surface area contributed by atoms with Crippen LogP contribution in [0.15, 0.2) is 406 Å². The fourth-order valence-electron chi connectivity index (χ4n) is 15.2. The molecule has 0 amide bonds. The maximum Gasteiger partial charge on any atom is 0.164 e. The Labute approximate surface area is 691 Å². The van der Waals surface area contributed by atoms with E-state index in [1.165, 1.54) is 130 Å². The molecule has 0 aliphatic rings. The molecule has 0 saturated heterocycles. The molecule has 9 nitrogen and oxygen atoms in total. The van der Waals surface area contributed by atoms with Crippen LogP contribution in [0, 0.1) is 41.5 Å². The van der Waals surface area contributed by atoms with Crippen molar-refractivity contribution in [3.8, 4) is 74.0 Å². The average Bonchev–Trinajstić information content (AvgIpc) is 1.60. The lowest BCUT2D eigenvalue weighted by Crippen LogP contribution is -2.00. The molecular formula is C108H85N9S. The Morgan fingerprint density at radius 3 is 0.932 bits per heavy atom. The van der Waals surface area contributed by atoms with Crippen LogP contribution in [0.1, 0.15) is 33.6 Å². The van der Waals surface area contributed by atoms with E-state index in [-0.39, 0.29) is 0 Å². The number of aryl methyl sites for hydroxylation is 6. The highest BCUT2D eigenvalue weighted by Gasteiger charge is 2.17. The standard InChI is InChI=1S/C22H17N3.3C19H15N.C16H13N3.C13H10S/c1-16-12-14-19(15-13-16)22-24-20(17-8-4-2-5-9-17)23-21(25-22)18-10-6-3-7-11-18;1-14-7-6-8-15(13-14)20-18-11-4-2-9-16(18)17-10-3-5-12-19(17)20;1-14-11-12-19-17(13-14)16-9-5-6-10-18(16)20(19)15-7-3-2-4-8-15;1-14-11-12-17-16-9-5-6-10-18(16)20(19(17)13-14)15-7-3-2-4-8-15;1-12-17-15(13-8-4-2-5-9-13)19-16(18-12)14-10-6-3-7-11-14;1-9-6-7-13-11(8-9)10-4-2-3-5-12(10)14-13/h2-15H,1H3;3*2-13H,1H3;2-11H,1H3;2-8H,1H3. The van der Waals surface area contributed by atoms with Gasteiger partial charge in [-0.05, 0) is 150 Å². The summed E-state index contributed by atoms with van der Waals surface area (Å²) in [5, 5.41) is 10.7. The third kappa shape index (κ3) is 16.6. The molecule has 0 spiro atoms. The molecular weight excluding hydrogens is 1460 g/mol. The molecule has 0 radical (unpaired) electrons. The molecule has 16 aromatic carbocycles. The number of fused-ring (bicyclic) bond motifs is 12. The van der Waals surface area contributed by atoms with E-state index >= 15 is 0 Å². The molecule has 0 bridgehead atoms. The molecule has 22 rings (SSSR count). The second-order valence-electron chi connectivity index (χ2n) is 29.4. The van der Waals surface area contributed by atoms with Gasteiger partial charge < -0.3 is 13.7 Å². The summed E-state index contributed by atoms with van der Waals surface area (Å²) in [6.07, 6.45) is 0. The highest BCUT2D eigenvalue weighted by atomic mass is 32.1. The normalized spacial score (nSPS) is 11.0. The molecule has 22 aromatic rings. The van der Waals surface area contributed by atoms with Crippen LogP contribution in [0.25, 0.3) is 160 Å². The molecule has 10 heteroatoms. The second-order valence-corrected chi connectivity index (χ2v) is 30.5. The number of thiophene rings is 1. The predicted octanol–water partition coefficient (Wildman–Crippen LogP) is 28.3. The Bertz CT molecular complexity index is 7050. The van der Waals surface area contributed by atoms with E-state index in [1.807, 2.05) is 152 Å². The molecule has 0 atom stereocenters. The molecule has 118 heavy (non-hydrogen) atoms. The second kappa shape index (κ2) is 34.9. The first-order valence-electron chi connectivity index (χ1n) is 39.8. The van der Waals surface area contributed by atoms with Crippen molar-refractivity contribution < 1.29 is 0 Å². The van der Waals surface area contributed by atoms with E-state index in [4.69, 9.17) is 15.0 Å². The molecule has 568 valence electrons. The number of hydrogen-bond acceptors (Lipinski definition) is 7. The molecule has 0 aliphatic carbocycles. The van der Waals surface area contributed by atoms with Gasteiger partial charge in [0.05, 0.1) is 33.1 Å². The van der Waals surface area contributed by atoms with Crippen LogP contribution in [-0.4, -0.2) is 43.6 Å². The minimum atomic E-state index is 0.685. The van der Waals surface area contributed by atoms with Gasteiger partial charge in [0.15, 0.2) is 29.1 Å². The van der Waals surface area contributed by atoms with Gasteiger partial charge in [0.1, 0.15) is 5.82 Å². The molecule has 0 N–H and O–H groups in total.